The van der Waals surface area contributed by atoms with Gasteiger partial charge in [-0.25, -0.2) is 0 Å². The molecule has 1 aromatic carbocycles. The van der Waals surface area contributed by atoms with E-state index >= 15 is 0 Å². The molecule has 2 fully saturated rings. The van der Waals surface area contributed by atoms with Gasteiger partial charge in [0.1, 0.15) is 5.41 Å². The van der Waals surface area contributed by atoms with Crippen LogP contribution < -0.4 is 0 Å². The number of ether oxygens (including phenoxy) is 1. The Morgan fingerprint density at radius 1 is 1.37 bits per heavy atom. The smallest absolute Gasteiger partial charge is 0.312 e. The largest absolute Gasteiger partial charge is 0.481 e. The van der Waals surface area contributed by atoms with E-state index in [-0.39, 0.29) is 12.2 Å². The average molecular weight is 301 g/mol. The number of carboxylic acid groups (broad SMARTS) is 1. The van der Waals surface area contributed by atoms with E-state index in [9.17, 15) is 9.90 Å². The molecule has 3 unspecified atom stereocenters. The standard InChI is InChI=1S/C14H14Cl2O3/c15-10-2-1-3-11(16)9(10)7-14(13(17)18)6-8-4-5-12(14)19-8/h1-3,8,12H,4-7H2,(H,17,18). The lowest BCUT2D eigenvalue weighted by Crippen LogP contribution is -2.42. The number of rotatable bonds is 3. The second-order valence-electron chi connectivity index (χ2n) is 5.37. The van der Waals surface area contributed by atoms with E-state index in [4.69, 9.17) is 27.9 Å². The van der Waals surface area contributed by atoms with Gasteiger partial charge in [0.2, 0.25) is 0 Å². The summed E-state index contributed by atoms with van der Waals surface area (Å²) in [5, 5.41) is 10.7. The SMILES string of the molecule is O=C(O)C1(Cc2c(Cl)cccc2Cl)CC2CCC1O2. The van der Waals surface area contributed by atoms with Gasteiger partial charge in [0.15, 0.2) is 0 Å². The zero-order valence-corrected chi connectivity index (χ0v) is 11.7. The maximum atomic E-state index is 11.8. The lowest BCUT2D eigenvalue weighted by Gasteiger charge is -2.31. The maximum Gasteiger partial charge on any atom is 0.312 e. The molecule has 5 heteroatoms. The third-order valence-electron chi connectivity index (χ3n) is 4.30. The van der Waals surface area contributed by atoms with Gasteiger partial charge in [0, 0.05) is 10.0 Å². The Morgan fingerprint density at radius 2 is 2.05 bits per heavy atom. The zero-order chi connectivity index (χ0) is 13.6. The van der Waals surface area contributed by atoms with Crippen molar-refractivity contribution < 1.29 is 14.6 Å². The number of fused-ring (bicyclic) bond motifs is 2. The highest BCUT2D eigenvalue weighted by molar-refractivity contribution is 6.36. The molecule has 0 amide bonds. The van der Waals surface area contributed by atoms with Crippen LogP contribution in [0.15, 0.2) is 18.2 Å². The van der Waals surface area contributed by atoms with Crippen molar-refractivity contribution in [2.24, 2.45) is 5.41 Å². The van der Waals surface area contributed by atoms with Crippen LogP contribution in [-0.2, 0) is 16.0 Å². The molecule has 0 saturated carbocycles. The van der Waals surface area contributed by atoms with Gasteiger partial charge in [0.25, 0.3) is 0 Å². The number of aliphatic carboxylic acids is 1. The quantitative estimate of drug-likeness (QED) is 0.928. The number of benzene rings is 1. The third-order valence-corrected chi connectivity index (χ3v) is 5.00. The summed E-state index contributed by atoms with van der Waals surface area (Å²) < 4.78 is 5.73. The summed E-state index contributed by atoms with van der Waals surface area (Å²) in [6.07, 6.45) is 2.50. The van der Waals surface area contributed by atoms with Crippen LogP contribution in [0.1, 0.15) is 24.8 Å². The highest BCUT2D eigenvalue weighted by Gasteiger charge is 2.57. The van der Waals surface area contributed by atoms with Crippen LogP contribution >= 0.6 is 23.2 Å². The Kier molecular flexibility index (Phi) is 3.24. The zero-order valence-electron chi connectivity index (χ0n) is 10.2. The van der Waals surface area contributed by atoms with E-state index in [1.165, 1.54) is 0 Å². The van der Waals surface area contributed by atoms with E-state index in [0.29, 0.717) is 28.5 Å². The average Bonchev–Trinajstić information content (AvgIpc) is 2.94. The monoisotopic (exact) mass is 300 g/mol. The number of carboxylic acids is 1. The van der Waals surface area contributed by atoms with E-state index in [1.54, 1.807) is 18.2 Å². The Morgan fingerprint density at radius 3 is 2.53 bits per heavy atom. The van der Waals surface area contributed by atoms with Crippen LogP contribution in [0, 0.1) is 5.41 Å². The molecule has 0 aliphatic carbocycles. The molecule has 3 atom stereocenters. The summed E-state index contributed by atoms with van der Waals surface area (Å²) in [6.45, 7) is 0. The molecule has 102 valence electrons. The predicted molar refractivity (Wildman–Crippen MR) is 72.7 cm³/mol. The summed E-state index contributed by atoms with van der Waals surface area (Å²) in [7, 11) is 0. The van der Waals surface area contributed by atoms with Gasteiger partial charge in [-0.05, 0) is 43.4 Å². The molecule has 0 spiro atoms. The van der Waals surface area contributed by atoms with Crippen molar-refractivity contribution in [2.75, 3.05) is 0 Å². The van der Waals surface area contributed by atoms with Gasteiger partial charge in [-0.15, -0.1) is 0 Å². The van der Waals surface area contributed by atoms with Gasteiger partial charge in [-0.1, -0.05) is 29.3 Å². The summed E-state index contributed by atoms with van der Waals surface area (Å²) in [5.74, 6) is -0.810. The van der Waals surface area contributed by atoms with Crippen molar-refractivity contribution in [1.29, 1.82) is 0 Å². The van der Waals surface area contributed by atoms with E-state index in [1.807, 2.05) is 0 Å². The topological polar surface area (TPSA) is 46.5 Å². The van der Waals surface area contributed by atoms with Gasteiger partial charge in [-0.3, -0.25) is 4.79 Å². The van der Waals surface area contributed by atoms with Gasteiger partial charge >= 0.3 is 5.97 Å². The van der Waals surface area contributed by atoms with Crippen molar-refractivity contribution in [1.82, 2.24) is 0 Å². The molecule has 19 heavy (non-hydrogen) atoms. The molecule has 0 radical (unpaired) electrons. The lowest BCUT2D eigenvalue weighted by molar-refractivity contribution is -0.152. The fourth-order valence-corrected chi connectivity index (χ4v) is 3.83. The van der Waals surface area contributed by atoms with Crippen LogP contribution in [0.25, 0.3) is 0 Å². The normalized spacial score (nSPS) is 32.7. The second kappa shape index (κ2) is 4.65. The summed E-state index contributed by atoms with van der Waals surface area (Å²) >= 11 is 12.3. The number of hydrogen-bond acceptors (Lipinski definition) is 2. The molecule has 1 aromatic rings. The van der Waals surface area contributed by atoms with Crippen LogP contribution in [0.2, 0.25) is 10.0 Å². The fourth-order valence-electron chi connectivity index (χ4n) is 3.30. The first-order chi connectivity index (χ1) is 9.03. The molecule has 3 nitrogen and oxygen atoms in total. The molecule has 2 bridgehead atoms. The number of hydrogen-bond donors (Lipinski definition) is 1. The molecule has 1 N–H and O–H groups in total. The first-order valence-corrected chi connectivity index (χ1v) is 7.10. The van der Waals surface area contributed by atoms with Crippen molar-refractivity contribution in [3.63, 3.8) is 0 Å². The van der Waals surface area contributed by atoms with Crippen molar-refractivity contribution in [2.45, 2.75) is 37.9 Å². The Balaban J connectivity index is 1.98. The van der Waals surface area contributed by atoms with Crippen molar-refractivity contribution >= 4 is 29.2 Å². The van der Waals surface area contributed by atoms with Crippen molar-refractivity contribution in [3.05, 3.63) is 33.8 Å². The predicted octanol–water partition coefficient (Wildman–Crippen LogP) is 3.56. The van der Waals surface area contributed by atoms with Crippen molar-refractivity contribution in [3.8, 4) is 0 Å². The molecule has 2 aliphatic rings. The molecular formula is C14H14Cl2O3. The van der Waals surface area contributed by atoms with Gasteiger partial charge in [0.05, 0.1) is 12.2 Å². The minimum Gasteiger partial charge on any atom is -0.481 e. The van der Waals surface area contributed by atoms with E-state index in [0.717, 1.165) is 12.8 Å². The van der Waals surface area contributed by atoms with Crippen LogP contribution in [0.3, 0.4) is 0 Å². The van der Waals surface area contributed by atoms with E-state index in [2.05, 4.69) is 0 Å². The number of carbonyl (C=O) groups is 1. The van der Waals surface area contributed by atoms with Gasteiger partial charge < -0.3 is 9.84 Å². The Hall–Kier alpha value is -0.770. The van der Waals surface area contributed by atoms with E-state index < -0.39 is 11.4 Å². The second-order valence-corrected chi connectivity index (χ2v) is 6.18. The summed E-state index contributed by atoms with van der Waals surface area (Å²) in [5.41, 5.74) is -0.165. The molecule has 0 aromatic heterocycles. The maximum absolute atomic E-state index is 11.8. The summed E-state index contributed by atoms with van der Waals surface area (Å²) in [4.78, 5) is 11.8. The van der Waals surface area contributed by atoms with Crippen LogP contribution in [0.4, 0.5) is 0 Å². The Bertz CT molecular complexity index is 511. The molecule has 3 rings (SSSR count). The first kappa shape index (κ1) is 13.2. The van der Waals surface area contributed by atoms with Crippen LogP contribution in [-0.4, -0.2) is 23.3 Å². The summed E-state index contributed by atoms with van der Waals surface area (Å²) in [6, 6.07) is 5.25. The minimum atomic E-state index is -0.877. The minimum absolute atomic E-state index is 0.0716. The van der Waals surface area contributed by atoms with Gasteiger partial charge in [-0.2, -0.15) is 0 Å². The highest BCUT2D eigenvalue weighted by atomic mass is 35.5. The molecular weight excluding hydrogens is 287 g/mol. The fraction of sp³-hybridized carbons (Fsp3) is 0.500. The molecule has 2 heterocycles. The van der Waals surface area contributed by atoms with Crippen LogP contribution in [0.5, 0.6) is 0 Å². The Labute approximate surface area is 121 Å². The highest BCUT2D eigenvalue weighted by Crippen LogP contribution is 2.50. The molecule has 2 aliphatic heterocycles. The lowest BCUT2D eigenvalue weighted by atomic mass is 9.70. The molecule has 2 saturated heterocycles. The third kappa shape index (κ3) is 2.04. The number of halogens is 2. The first-order valence-electron chi connectivity index (χ1n) is 6.35.